The zero-order valence-electron chi connectivity index (χ0n) is 17.1. The number of nitrogens with one attached hydrogen (secondary N) is 2. The monoisotopic (exact) mass is 575 g/mol. The molecule has 3 rings (SSSR count). The number of amides is 3. The van der Waals surface area contributed by atoms with Crippen LogP contribution in [0.3, 0.4) is 0 Å². The molecule has 174 valence electrons. The van der Waals surface area contributed by atoms with Crippen molar-refractivity contribution >= 4 is 80.1 Å². The smallest absolute Gasteiger partial charge is 0.311 e. The number of nitrogens with zero attached hydrogens (tertiary/aromatic N) is 1. The Morgan fingerprint density at radius 1 is 1.15 bits per heavy atom. The third kappa shape index (κ3) is 6.17. The van der Waals surface area contributed by atoms with Gasteiger partial charge in [0.1, 0.15) is 0 Å². The molecule has 2 aromatic carbocycles. The first kappa shape index (κ1) is 25.3. The van der Waals surface area contributed by atoms with Gasteiger partial charge in [-0.05, 0) is 58.7 Å². The molecule has 2 N–H and O–H groups in total. The van der Waals surface area contributed by atoms with Crippen LogP contribution in [-0.4, -0.2) is 41.9 Å². The lowest BCUT2D eigenvalue weighted by atomic mass is 10.1. The van der Waals surface area contributed by atoms with Crippen molar-refractivity contribution in [2.45, 2.75) is 13.3 Å². The fourth-order valence-corrected chi connectivity index (χ4v) is 3.92. The summed E-state index contributed by atoms with van der Waals surface area (Å²) in [5.74, 6) is -3.16. The number of hydrogen-bond donors (Lipinski definition) is 2. The highest BCUT2D eigenvalue weighted by Crippen LogP contribution is 2.31. The molecule has 3 amide bonds. The maximum Gasteiger partial charge on any atom is 0.311 e. The van der Waals surface area contributed by atoms with Crippen molar-refractivity contribution in [2.24, 2.45) is 5.92 Å². The SMILES string of the molecule is Cc1c(NC(=O)COC(=O)[C@H]2CC(=O)N(NC(=O)c3ccc(Cl)c(Cl)c3)C2)ccc(Br)c1Cl. The predicted molar refractivity (Wildman–Crippen MR) is 127 cm³/mol. The van der Waals surface area contributed by atoms with Crippen molar-refractivity contribution in [2.75, 3.05) is 18.5 Å². The van der Waals surface area contributed by atoms with E-state index in [1.807, 2.05) is 0 Å². The molecule has 0 bridgehead atoms. The third-order valence-electron chi connectivity index (χ3n) is 4.84. The average Bonchev–Trinajstić information content (AvgIpc) is 3.14. The summed E-state index contributed by atoms with van der Waals surface area (Å²) in [5.41, 5.74) is 3.76. The lowest BCUT2D eigenvalue weighted by Gasteiger charge is -2.17. The number of anilines is 1. The Morgan fingerprint density at radius 3 is 2.58 bits per heavy atom. The number of ether oxygens (including phenoxy) is 1. The van der Waals surface area contributed by atoms with Crippen LogP contribution in [-0.2, 0) is 19.1 Å². The minimum atomic E-state index is -0.830. The standard InChI is InChI=1S/C21H17BrCl3N3O5/c1-10-16(5-3-13(22)19(10)25)26-17(29)9-33-21(32)12-7-18(30)28(8-12)27-20(31)11-2-4-14(23)15(24)6-11/h2-6,12H,7-9H2,1H3,(H,26,29)(H,27,31)/t12-/m0/s1. The first-order valence-corrected chi connectivity index (χ1v) is 11.5. The number of halogens is 4. The van der Waals surface area contributed by atoms with E-state index < -0.39 is 36.2 Å². The second-order valence-electron chi connectivity index (χ2n) is 7.17. The van der Waals surface area contributed by atoms with Gasteiger partial charge in [-0.1, -0.05) is 34.8 Å². The van der Waals surface area contributed by atoms with E-state index in [1.165, 1.54) is 18.2 Å². The zero-order valence-corrected chi connectivity index (χ0v) is 20.9. The lowest BCUT2D eigenvalue weighted by molar-refractivity contribution is -0.151. The van der Waals surface area contributed by atoms with Crippen molar-refractivity contribution < 1.29 is 23.9 Å². The highest BCUT2D eigenvalue weighted by Gasteiger charge is 2.36. The van der Waals surface area contributed by atoms with E-state index in [9.17, 15) is 19.2 Å². The summed E-state index contributed by atoms with van der Waals surface area (Å²) >= 11 is 21.2. The fourth-order valence-electron chi connectivity index (χ4n) is 3.03. The van der Waals surface area contributed by atoms with Crippen molar-refractivity contribution in [3.63, 3.8) is 0 Å². The first-order chi connectivity index (χ1) is 15.6. The van der Waals surface area contributed by atoms with E-state index in [0.717, 1.165) is 5.01 Å². The summed E-state index contributed by atoms with van der Waals surface area (Å²) in [6.07, 6.45) is -0.163. The van der Waals surface area contributed by atoms with E-state index in [2.05, 4.69) is 26.7 Å². The van der Waals surface area contributed by atoms with Gasteiger partial charge in [0.2, 0.25) is 5.91 Å². The molecule has 1 heterocycles. The molecule has 12 heteroatoms. The number of esters is 1. The largest absolute Gasteiger partial charge is 0.455 e. The summed E-state index contributed by atoms with van der Waals surface area (Å²) < 4.78 is 5.74. The van der Waals surface area contributed by atoms with Crippen LogP contribution in [0.25, 0.3) is 0 Å². The molecule has 0 unspecified atom stereocenters. The molecule has 0 radical (unpaired) electrons. The van der Waals surface area contributed by atoms with E-state index in [4.69, 9.17) is 39.5 Å². The van der Waals surface area contributed by atoms with E-state index in [-0.39, 0.29) is 28.6 Å². The van der Waals surface area contributed by atoms with Crippen molar-refractivity contribution in [1.29, 1.82) is 0 Å². The number of carbonyl (C=O) groups is 4. The van der Waals surface area contributed by atoms with Crippen molar-refractivity contribution in [1.82, 2.24) is 10.4 Å². The molecule has 1 fully saturated rings. The van der Waals surface area contributed by atoms with Crippen LogP contribution in [0.15, 0.2) is 34.8 Å². The van der Waals surface area contributed by atoms with E-state index >= 15 is 0 Å². The predicted octanol–water partition coefficient (Wildman–Crippen LogP) is 4.39. The minimum absolute atomic E-state index is 0.0895. The van der Waals surface area contributed by atoms with Crippen LogP contribution in [0.5, 0.6) is 0 Å². The van der Waals surface area contributed by atoms with Gasteiger partial charge in [0.25, 0.3) is 11.8 Å². The maximum atomic E-state index is 12.4. The van der Waals surface area contributed by atoms with Crippen LogP contribution in [0, 0.1) is 12.8 Å². The quantitative estimate of drug-likeness (QED) is 0.496. The zero-order chi connectivity index (χ0) is 24.3. The second-order valence-corrected chi connectivity index (χ2v) is 9.21. The molecule has 0 aromatic heterocycles. The van der Waals surface area contributed by atoms with Gasteiger partial charge in [-0.25, -0.2) is 0 Å². The van der Waals surface area contributed by atoms with Gasteiger partial charge >= 0.3 is 5.97 Å². The van der Waals surface area contributed by atoms with Crippen molar-refractivity contribution in [3.05, 3.63) is 61.0 Å². The average molecular weight is 578 g/mol. The normalized spacial score (nSPS) is 15.4. The van der Waals surface area contributed by atoms with Gasteiger partial charge in [0.15, 0.2) is 6.61 Å². The topological polar surface area (TPSA) is 105 Å². The molecular weight excluding hydrogens is 561 g/mol. The Hall–Kier alpha value is -2.33. The number of hydrogen-bond acceptors (Lipinski definition) is 5. The third-order valence-corrected chi connectivity index (χ3v) is 6.95. The number of benzene rings is 2. The van der Waals surface area contributed by atoms with Crippen LogP contribution in [0.1, 0.15) is 22.3 Å². The van der Waals surface area contributed by atoms with Gasteiger partial charge < -0.3 is 10.1 Å². The summed E-state index contributed by atoms with van der Waals surface area (Å²) in [7, 11) is 0. The Morgan fingerprint density at radius 2 is 1.88 bits per heavy atom. The van der Waals surface area contributed by atoms with Gasteiger partial charge in [-0.3, -0.25) is 29.6 Å². The van der Waals surface area contributed by atoms with Crippen LogP contribution < -0.4 is 10.7 Å². The molecule has 1 aliphatic rings. The van der Waals surface area contributed by atoms with Gasteiger partial charge in [0.05, 0.1) is 27.5 Å². The van der Waals surface area contributed by atoms with Crippen LogP contribution >= 0.6 is 50.7 Å². The summed E-state index contributed by atoms with van der Waals surface area (Å²) in [4.78, 5) is 49.1. The molecule has 8 nitrogen and oxygen atoms in total. The molecule has 2 aromatic rings. The maximum absolute atomic E-state index is 12.4. The molecule has 1 saturated heterocycles. The number of carbonyl (C=O) groups excluding carboxylic acids is 4. The van der Waals surface area contributed by atoms with Gasteiger partial charge in [0, 0.05) is 22.1 Å². The minimum Gasteiger partial charge on any atom is -0.455 e. The van der Waals surface area contributed by atoms with E-state index in [1.54, 1.807) is 19.1 Å². The molecule has 33 heavy (non-hydrogen) atoms. The number of rotatable bonds is 6. The first-order valence-electron chi connectivity index (χ1n) is 9.54. The molecule has 0 saturated carbocycles. The summed E-state index contributed by atoms with van der Waals surface area (Å²) in [6, 6.07) is 7.62. The van der Waals surface area contributed by atoms with Crippen LogP contribution in [0.2, 0.25) is 15.1 Å². The Balaban J connectivity index is 1.51. The highest BCUT2D eigenvalue weighted by molar-refractivity contribution is 9.10. The Bertz CT molecular complexity index is 1140. The molecule has 1 atom stereocenters. The van der Waals surface area contributed by atoms with Gasteiger partial charge in [-0.2, -0.15) is 0 Å². The fraction of sp³-hybridized carbons (Fsp3) is 0.238. The Labute approximate surface area is 212 Å². The van der Waals surface area contributed by atoms with Crippen molar-refractivity contribution in [3.8, 4) is 0 Å². The Kier molecular flexibility index (Phi) is 8.23. The van der Waals surface area contributed by atoms with Crippen LogP contribution in [0.4, 0.5) is 5.69 Å². The number of hydrazine groups is 1. The summed E-state index contributed by atoms with van der Waals surface area (Å²) in [6.45, 7) is 1.11. The molecule has 1 aliphatic heterocycles. The second kappa shape index (κ2) is 10.7. The van der Waals surface area contributed by atoms with Gasteiger partial charge in [-0.15, -0.1) is 0 Å². The molecular formula is C21H17BrCl3N3O5. The summed E-state index contributed by atoms with van der Waals surface area (Å²) in [5, 5.41) is 4.59. The molecule has 0 spiro atoms. The highest BCUT2D eigenvalue weighted by atomic mass is 79.9. The van der Waals surface area contributed by atoms with E-state index in [0.29, 0.717) is 20.7 Å². The molecule has 0 aliphatic carbocycles. The lowest BCUT2D eigenvalue weighted by Crippen LogP contribution is -2.43.